The summed E-state index contributed by atoms with van der Waals surface area (Å²) in [4.78, 5) is 18.4. The van der Waals surface area contributed by atoms with Crippen LogP contribution in [0.25, 0.3) is 10.2 Å². The highest BCUT2D eigenvalue weighted by Crippen LogP contribution is 2.38. The second-order valence-electron chi connectivity index (χ2n) is 4.53. The van der Waals surface area contributed by atoms with Crippen molar-refractivity contribution in [1.82, 2.24) is 4.98 Å². The molecule has 3 aromatic rings. The fourth-order valence-corrected chi connectivity index (χ4v) is 3.70. The number of benzene rings is 1. The number of nitrogens with zero attached hydrogens (tertiary/aromatic N) is 1. The summed E-state index contributed by atoms with van der Waals surface area (Å²) >= 11 is 2.86. The van der Waals surface area contributed by atoms with Crippen molar-refractivity contribution in [3.63, 3.8) is 0 Å². The average Bonchev–Trinajstić information content (AvgIpc) is 3.11. The molecule has 1 N–H and O–H groups in total. The van der Waals surface area contributed by atoms with Crippen LogP contribution in [-0.4, -0.2) is 25.1 Å². The van der Waals surface area contributed by atoms with Crippen molar-refractivity contribution in [2.24, 2.45) is 0 Å². The lowest BCUT2D eigenvalue weighted by Gasteiger charge is -2.06. The van der Waals surface area contributed by atoms with E-state index in [1.807, 2.05) is 31.2 Å². The molecule has 0 unspecified atom stereocenters. The fourth-order valence-electron chi connectivity index (χ4n) is 2.08. The summed E-state index contributed by atoms with van der Waals surface area (Å²) in [6, 6.07) is 7.46. The van der Waals surface area contributed by atoms with E-state index in [4.69, 9.17) is 9.47 Å². The van der Waals surface area contributed by atoms with Gasteiger partial charge in [0.15, 0.2) is 16.6 Å². The number of aromatic nitrogens is 1. The molecule has 2 aromatic heterocycles. The highest BCUT2D eigenvalue weighted by molar-refractivity contribution is 7.22. The minimum Gasteiger partial charge on any atom is -0.493 e. The third-order valence-electron chi connectivity index (χ3n) is 3.09. The van der Waals surface area contributed by atoms with E-state index >= 15 is 0 Å². The number of rotatable bonds is 4. The standard InChI is InChI=1S/C15H14N2O3S2/c1-8-4-6-11(21-8)14(18)17-15-16-12-10(22-15)7-5-9(19-2)13(12)20-3/h4-7H,1-3H3,(H,16,17,18). The number of methoxy groups -OCH3 is 2. The summed E-state index contributed by atoms with van der Waals surface area (Å²) in [5.41, 5.74) is 0.685. The van der Waals surface area contributed by atoms with Gasteiger partial charge in [0, 0.05) is 4.88 Å². The third-order valence-corrected chi connectivity index (χ3v) is 5.02. The minimum absolute atomic E-state index is 0.150. The molecule has 0 aliphatic carbocycles. The van der Waals surface area contributed by atoms with Gasteiger partial charge in [-0.05, 0) is 31.2 Å². The van der Waals surface area contributed by atoms with Crippen LogP contribution in [-0.2, 0) is 0 Å². The summed E-state index contributed by atoms with van der Waals surface area (Å²) in [6.07, 6.45) is 0. The lowest BCUT2D eigenvalue weighted by Crippen LogP contribution is -2.09. The minimum atomic E-state index is -0.150. The number of carbonyl (C=O) groups is 1. The first-order valence-electron chi connectivity index (χ1n) is 6.51. The first-order chi connectivity index (χ1) is 10.6. The molecule has 2 heterocycles. The Morgan fingerprint density at radius 2 is 1.95 bits per heavy atom. The van der Waals surface area contributed by atoms with Crippen molar-refractivity contribution >= 4 is 43.9 Å². The highest BCUT2D eigenvalue weighted by atomic mass is 32.1. The molecule has 0 atom stereocenters. The van der Waals surface area contributed by atoms with Crippen molar-refractivity contribution in [3.8, 4) is 11.5 Å². The molecule has 0 aliphatic heterocycles. The largest absolute Gasteiger partial charge is 0.493 e. The van der Waals surface area contributed by atoms with Gasteiger partial charge in [-0.15, -0.1) is 11.3 Å². The third kappa shape index (κ3) is 2.65. The Morgan fingerprint density at radius 1 is 1.14 bits per heavy atom. The smallest absolute Gasteiger partial charge is 0.267 e. The maximum Gasteiger partial charge on any atom is 0.267 e. The van der Waals surface area contributed by atoms with Crippen LogP contribution in [0, 0.1) is 6.92 Å². The van der Waals surface area contributed by atoms with Gasteiger partial charge in [0.1, 0.15) is 5.52 Å². The zero-order valence-corrected chi connectivity index (χ0v) is 13.9. The summed E-state index contributed by atoms with van der Waals surface area (Å²) in [5.74, 6) is 1.04. The SMILES string of the molecule is COc1ccc2sc(NC(=O)c3ccc(C)s3)nc2c1OC. The van der Waals surface area contributed by atoms with Crippen molar-refractivity contribution < 1.29 is 14.3 Å². The molecular weight excluding hydrogens is 320 g/mol. The predicted molar refractivity (Wildman–Crippen MR) is 89.7 cm³/mol. The van der Waals surface area contributed by atoms with Gasteiger partial charge in [-0.25, -0.2) is 4.98 Å². The van der Waals surface area contributed by atoms with Gasteiger partial charge in [-0.2, -0.15) is 0 Å². The number of fused-ring (bicyclic) bond motifs is 1. The Balaban J connectivity index is 1.93. The second-order valence-corrected chi connectivity index (χ2v) is 6.85. The summed E-state index contributed by atoms with van der Waals surface area (Å²) < 4.78 is 11.6. The van der Waals surface area contributed by atoms with Gasteiger partial charge in [0.05, 0.1) is 23.8 Å². The van der Waals surface area contributed by atoms with Crippen LogP contribution in [0.3, 0.4) is 0 Å². The molecule has 0 radical (unpaired) electrons. The van der Waals surface area contributed by atoms with Gasteiger partial charge in [-0.1, -0.05) is 11.3 Å². The molecule has 22 heavy (non-hydrogen) atoms. The molecule has 0 bridgehead atoms. The number of carbonyl (C=O) groups excluding carboxylic acids is 1. The zero-order chi connectivity index (χ0) is 15.7. The quantitative estimate of drug-likeness (QED) is 0.785. The molecular formula is C15H14N2O3S2. The Bertz CT molecular complexity index is 839. The van der Waals surface area contributed by atoms with Gasteiger partial charge >= 0.3 is 0 Å². The zero-order valence-electron chi connectivity index (χ0n) is 12.3. The van der Waals surface area contributed by atoms with E-state index in [1.54, 1.807) is 14.2 Å². The van der Waals surface area contributed by atoms with Gasteiger partial charge < -0.3 is 9.47 Å². The lowest BCUT2D eigenvalue weighted by molar-refractivity contribution is 0.103. The number of amides is 1. The maximum atomic E-state index is 12.2. The Labute approximate surface area is 135 Å². The van der Waals surface area contributed by atoms with Crippen molar-refractivity contribution in [1.29, 1.82) is 0 Å². The van der Waals surface area contributed by atoms with E-state index < -0.39 is 0 Å². The topological polar surface area (TPSA) is 60.5 Å². The molecule has 7 heteroatoms. The lowest BCUT2D eigenvalue weighted by atomic mass is 10.3. The predicted octanol–water partition coefficient (Wildman–Crippen LogP) is 3.94. The number of thiazole rings is 1. The Morgan fingerprint density at radius 3 is 2.59 bits per heavy atom. The molecule has 3 rings (SSSR count). The monoisotopic (exact) mass is 334 g/mol. The van der Waals surface area contributed by atoms with E-state index in [0.29, 0.717) is 27.0 Å². The van der Waals surface area contributed by atoms with Crippen LogP contribution in [0.5, 0.6) is 11.5 Å². The van der Waals surface area contributed by atoms with Gasteiger partial charge in [0.2, 0.25) is 0 Å². The molecule has 0 saturated heterocycles. The van der Waals surface area contributed by atoms with Crippen molar-refractivity contribution in [3.05, 3.63) is 34.0 Å². The van der Waals surface area contributed by atoms with Gasteiger partial charge in [-0.3, -0.25) is 10.1 Å². The Kier molecular flexibility index (Phi) is 4.00. The number of aryl methyl sites for hydroxylation is 1. The summed E-state index contributed by atoms with van der Waals surface area (Å²) in [5, 5.41) is 3.37. The molecule has 0 aliphatic rings. The molecule has 114 valence electrons. The number of nitrogens with one attached hydrogen (secondary N) is 1. The Hall–Kier alpha value is -2.12. The van der Waals surface area contributed by atoms with Crippen LogP contribution in [0.15, 0.2) is 24.3 Å². The highest BCUT2D eigenvalue weighted by Gasteiger charge is 2.16. The van der Waals surface area contributed by atoms with E-state index in [-0.39, 0.29) is 5.91 Å². The number of hydrogen-bond acceptors (Lipinski definition) is 6. The molecule has 0 fully saturated rings. The van der Waals surface area contributed by atoms with Crippen LogP contribution in [0.2, 0.25) is 0 Å². The number of anilines is 1. The van der Waals surface area contributed by atoms with E-state index in [2.05, 4.69) is 10.3 Å². The molecule has 1 amide bonds. The van der Waals surface area contributed by atoms with E-state index in [1.165, 1.54) is 22.7 Å². The van der Waals surface area contributed by atoms with Crippen molar-refractivity contribution in [2.45, 2.75) is 6.92 Å². The van der Waals surface area contributed by atoms with Crippen LogP contribution >= 0.6 is 22.7 Å². The average molecular weight is 334 g/mol. The first kappa shape index (κ1) is 14.8. The first-order valence-corrected chi connectivity index (χ1v) is 8.15. The number of ether oxygens (including phenoxy) is 2. The number of hydrogen-bond donors (Lipinski definition) is 1. The van der Waals surface area contributed by atoms with E-state index in [9.17, 15) is 4.79 Å². The fraction of sp³-hybridized carbons (Fsp3) is 0.200. The number of thiophene rings is 1. The second kappa shape index (κ2) is 5.94. The van der Waals surface area contributed by atoms with Gasteiger partial charge in [0.25, 0.3) is 5.91 Å². The summed E-state index contributed by atoms with van der Waals surface area (Å²) in [7, 11) is 3.15. The van der Waals surface area contributed by atoms with E-state index in [0.717, 1.165) is 9.58 Å². The molecule has 5 nitrogen and oxygen atoms in total. The van der Waals surface area contributed by atoms with Crippen LogP contribution < -0.4 is 14.8 Å². The van der Waals surface area contributed by atoms with Crippen LogP contribution in [0.4, 0.5) is 5.13 Å². The normalized spacial score (nSPS) is 10.7. The van der Waals surface area contributed by atoms with Crippen LogP contribution in [0.1, 0.15) is 14.5 Å². The molecule has 0 saturated carbocycles. The van der Waals surface area contributed by atoms with Crippen molar-refractivity contribution in [2.75, 3.05) is 19.5 Å². The maximum absolute atomic E-state index is 12.2. The summed E-state index contributed by atoms with van der Waals surface area (Å²) in [6.45, 7) is 1.97. The molecule has 1 aromatic carbocycles. The molecule has 0 spiro atoms.